The Kier molecular flexibility index (Phi) is 6.46. The van der Waals surface area contributed by atoms with Crippen molar-refractivity contribution in [2.75, 3.05) is 0 Å². The summed E-state index contributed by atoms with van der Waals surface area (Å²) in [6, 6.07) is 12.6. The normalized spacial score (nSPS) is 13.6. The van der Waals surface area contributed by atoms with Gasteiger partial charge in [-0.3, -0.25) is 0 Å². The van der Waals surface area contributed by atoms with E-state index >= 15 is 0 Å². The Balaban J connectivity index is 2.56. The highest BCUT2D eigenvalue weighted by Gasteiger charge is 2.15. The van der Waals surface area contributed by atoms with E-state index in [0.29, 0.717) is 5.56 Å². The first-order chi connectivity index (χ1) is 12.1. The van der Waals surface area contributed by atoms with Gasteiger partial charge in [0.15, 0.2) is 11.6 Å². The van der Waals surface area contributed by atoms with Gasteiger partial charge >= 0.3 is 0 Å². The van der Waals surface area contributed by atoms with E-state index in [1.54, 1.807) is 17.8 Å². The van der Waals surface area contributed by atoms with Crippen LogP contribution in [0, 0.1) is 11.6 Å². The fourth-order valence-electron chi connectivity index (χ4n) is 2.56. The van der Waals surface area contributed by atoms with Crippen LogP contribution in [-0.2, 0) is 5.41 Å². The van der Waals surface area contributed by atoms with E-state index in [2.05, 4.69) is 45.0 Å². The molecule has 138 valence electrons. The fourth-order valence-corrected chi connectivity index (χ4v) is 3.52. The number of benzene rings is 2. The molecule has 3 heteroatoms. The Morgan fingerprint density at radius 1 is 0.885 bits per heavy atom. The highest BCUT2D eigenvalue weighted by atomic mass is 32.2. The van der Waals surface area contributed by atoms with E-state index in [9.17, 15) is 8.78 Å². The average Bonchev–Trinajstić information content (AvgIpc) is 2.60. The summed E-state index contributed by atoms with van der Waals surface area (Å²) in [5, 5.41) is 0. The van der Waals surface area contributed by atoms with E-state index in [1.165, 1.54) is 17.7 Å². The van der Waals surface area contributed by atoms with Gasteiger partial charge in [0.2, 0.25) is 0 Å². The molecule has 2 aromatic rings. The molecule has 0 aliphatic rings. The molecule has 0 atom stereocenters. The van der Waals surface area contributed by atoms with Gasteiger partial charge in [-0.1, -0.05) is 68.9 Å². The molecule has 0 fully saturated rings. The Morgan fingerprint density at radius 2 is 1.46 bits per heavy atom. The molecule has 0 nitrogen and oxygen atoms in total. The van der Waals surface area contributed by atoms with Gasteiger partial charge in [0.25, 0.3) is 0 Å². The summed E-state index contributed by atoms with van der Waals surface area (Å²) in [6.07, 6.45) is 2.01. The van der Waals surface area contributed by atoms with Gasteiger partial charge in [0.1, 0.15) is 0 Å². The van der Waals surface area contributed by atoms with Crippen LogP contribution in [0.4, 0.5) is 8.78 Å². The summed E-state index contributed by atoms with van der Waals surface area (Å²) >= 11 is 1.58. The number of hydrogen-bond acceptors (Lipinski definition) is 1. The lowest BCUT2D eigenvalue weighted by Gasteiger charge is -2.20. The molecule has 0 aromatic heterocycles. The van der Waals surface area contributed by atoms with Crippen LogP contribution in [0.5, 0.6) is 0 Å². The van der Waals surface area contributed by atoms with Crippen LogP contribution in [0.15, 0.2) is 53.4 Å². The summed E-state index contributed by atoms with van der Waals surface area (Å²) in [6.45, 7) is 12.6. The molecular formula is C23H26F2S. The molecule has 0 saturated carbocycles. The topological polar surface area (TPSA) is 0 Å². The van der Waals surface area contributed by atoms with Crippen molar-refractivity contribution in [2.45, 2.75) is 47.0 Å². The van der Waals surface area contributed by atoms with Crippen molar-refractivity contribution in [3.8, 4) is 0 Å². The number of allylic oxidation sites excluding steroid dienone is 3. The first-order valence-electron chi connectivity index (χ1n) is 8.71. The molecule has 2 rings (SSSR count). The average molecular weight is 373 g/mol. The van der Waals surface area contributed by atoms with Gasteiger partial charge in [0.05, 0.1) is 0 Å². The third-order valence-corrected chi connectivity index (χ3v) is 5.68. The van der Waals surface area contributed by atoms with E-state index in [1.807, 2.05) is 26.8 Å². The van der Waals surface area contributed by atoms with Crippen LogP contribution in [-0.4, -0.2) is 0 Å². The van der Waals surface area contributed by atoms with Crippen molar-refractivity contribution >= 4 is 22.2 Å². The van der Waals surface area contributed by atoms with E-state index in [4.69, 9.17) is 0 Å². The Hall–Kier alpha value is -1.87. The maximum atomic E-state index is 13.8. The molecule has 0 spiro atoms. The molecule has 0 saturated heterocycles. The van der Waals surface area contributed by atoms with Gasteiger partial charge in [-0.15, -0.1) is 0 Å². The SMILES string of the molecule is C/C=C(/C)S/C(=C(\C)c1ccc(C(C)(C)C)cc1)c1ccc(F)c(F)c1. The molecule has 0 amide bonds. The Morgan fingerprint density at radius 3 is 1.96 bits per heavy atom. The van der Waals surface area contributed by atoms with Crippen LogP contribution in [0.2, 0.25) is 0 Å². The number of halogens is 2. The third-order valence-electron chi connectivity index (χ3n) is 4.38. The second kappa shape index (κ2) is 8.22. The van der Waals surface area contributed by atoms with Gasteiger partial charge in [-0.05, 0) is 65.5 Å². The second-order valence-corrected chi connectivity index (χ2v) is 8.67. The maximum absolute atomic E-state index is 13.8. The lowest BCUT2D eigenvalue weighted by atomic mass is 9.86. The predicted molar refractivity (Wildman–Crippen MR) is 111 cm³/mol. The zero-order valence-electron chi connectivity index (χ0n) is 16.3. The van der Waals surface area contributed by atoms with E-state index < -0.39 is 11.6 Å². The lowest BCUT2D eigenvalue weighted by Crippen LogP contribution is -2.10. The van der Waals surface area contributed by atoms with Crippen LogP contribution in [0.1, 0.15) is 58.2 Å². The van der Waals surface area contributed by atoms with Crippen LogP contribution < -0.4 is 0 Å². The lowest BCUT2D eigenvalue weighted by molar-refractivity contribution is 0.508. The summed E-state index contributed by atoms with van der Waals surface area (Å²) in [7, 11) is 0. The number of rotatable bonds is 4. The first-order valence-corrected chi connectivity index (χ1v) is 9.53. The molecule has 0 aliphatic heterocycles. The zero-order valence-corrected chi connectivity index (χ0v) is 17.1. The van der Waals surface area contributed by atoms with Gasteiger partial charge < -0.3 is 0 Å². The van der Waals surface area contributed by atoms with Crippen molar-refractivity contribution in [1.82, 2.24) is 0 Å². The molecule has 0 aliphatic carbocycles. The minimum absolute atomic E-state index is 0.0926. The molecule has 0 unspecified atom stereocenters. The Labute approximate surface area is 160 Å². The summed E-state index contributed by atoms with van der Waals surface area (Å²) in [4.78, 5) is 2.04. The maximum Gasteiger partial charge on any atom is 0.159 e. The monoisotopic (exact) mass is 372 g/mol. The fraction of sp³-hybridized carbons (Fsp3) is 0.304. The number of thioether (sulfide) groups is 1. The van der Waals surface area contributed by atoms with Crippen molar-refractivity contribution in [3.05, 3.63) is 81.8 Å². The minimum Gasteiger partial charge on any atom is -0.204 e. The van der Waals surface area contributed by atoms with E-state index in [0.717, 1.165) is 20.9 Å². The number of hydrogen-bond donors (Lipinski definition) is 0. The molecular weight excluding hydrogens is 346 g/mol. The highest BCUT2D eigenvalue weighted by Crippen LogP contribution is 2.40. The summed E-state index contributed by atoms with van der Waals surface area (Å²) in [5.74, 6) is -1.65. The zero-order chi connectivity index (χ0) is 19.5. The largest absolute Gasteiger partial charge is 0.204 e. The molecule has 2 aromatic carbocycles. The second-order valence-electron chi connectivity index (χ2n) is 7.41. The quantitative estimate of drug-likeness (QED) is 0.493. The Bertz CT molecular complexity index is 838. The summed E-state index contributed by atoms with van der Waals surface area (Å²) in [5.41, 5.74) is 4.17. The van der Waals surface area contributed by atoms with Crippen molar-refractivity contribution in [3.63, 3.8) is 0 Å². The van der Waals surface area contributed by atoms with Crippen LogP contribution >= 0.6 is 11.8 Å². The molecule has 0 radical (unpaired) electrons. The first kappa shape index (κ1) is 20.4. The van der Waals surface area contributed by atoms with Gasteiger partial charge in [-0.2, -0.15) is 0 Å². The highest BCUT2D eigenvalue weighted by molar-refractivity contribution is 8.12. The summed E-state index contributed by atoms with van der Waals surface area (Å²) < 4.78 is 27.1. The van der Waals surface area contributed by atoms with E-state index in [-0.39, 0.29) is 5.41 Å². The molecule has 0 heterocycles. The minimum atomic E-state index is -0.826. The smallest absolute Gasteiger partial charge is 0.159 e. The third kappa shape index (κ3) is 4.85. The standard InChI is InChI=1S/C23H26F2S/c1-7-15(2)26-22(18-10-13-20(24)21(25)14-18)16(3)17-8-11-19(12-9-17)23(4,5)6/h7-14H,1-6H3/b15-7-,22-16+. The predicted octanol–water partition coefficient (Wildman–Crippen LogP) is 7.81. The van der Waals surface area contributed by atoms with Gasteiger partial charge in [0, 0.05) is 4.91 Å². The van der Waals surface area contributed by atoms with Crippen molar-refractivity contribution in [2.24, 2.45) is 0 Å². The van der Waals surface area contributed by atoms with Crippen LogP contribution in [0.3, 0.4) is 0 Å². The van der Waals surface area contributed by atoms with Crippen LogP contribution in [0.25, 0.3) is 10.5 Å². The molecule has 0 bridgehead atoms. The molecule has 0 N–H and O–H groups in total. The van der Waals surface area contributed by atoms with Crippen molar-refractivity contribution in [1.29, 1.82) is 0 Å². The molecule has 26 heavy (non-hydrogen) atoms. The van der Waals surface area contributed by atoms with Crippen molar-refractivity contribution < 1.29 is 8.78 Å². The van der Waals surface area contributed by atoms with Gasteiger partial charge in [-0.25, -0.2) is 8.78 Å².